The third-order valence-corrected chi connectivity index (χ3v) is 5.36. The number of rotatable bonds is 5. The molecule has 3 rings (SSSR count). The molecule has 1 atom stereocenters. The van der Waals surface area contributed by atoms with E-state index in [2.05, 4.69) is 20.1 Å². The lowest BCUT2D eigenvalue weighted by molar-refractivity contribution is 0.0935. The first-order chi connectivity index (χ1) is 12.1. The molecule has 2 heterocycles. The van der Waals surface area contributed by atoms with Crippen molar-refractivity contribution in [3.05, 3.63) is 41.2 Å². The van der Waals surface area contributed by atoms with Crippen LogP contribution in [0.5, 0.6) is 0 Å². The normalized spacial score (nSPS) is 16.0. The molecule has 1 aliphatic rings. The minimum absolute atomic E-state index is 0.123. The van der Waals surface area contributed by atoms with Crippen LogP contribution in [0.4, 0.5) is 15.2 Å². The Kier molecular flexibility index (Phi) is 5.53. The van der Waals surface area contributed by atoms with Crippen molar-refractivity contribution in [3.63, 3.8) is 0 Å². The van der Waals surface area contributed by atoms with Gasteiger partial charge in [0.05, 0.1) is 5.69 Å². The summed E-state index contributed by atoms with van der Waals surface area (Å²) in [6.07, 6.45) is 0.890. The summed E-state index contributed by atoms with van der Waals surface area (Å²) in [5.41, 5.74) is 1.12. The van der Waals surface area contributed by atoms with Crippen LogP contribution in [0.25, 0.3) is 0 Å². The number of nitrogens with zero attached hydrogens (tertiary/aromatic N) is 3. The van der Waals surface area contributed by atoms with Gasteiger partial charge in [-0.1, -0.05) is 19.1 Å². The number of anilines is 2. The van der Waals surface area contributed by atoms with E-state index >= 15 is 0 Å². The number of amides is 1. The summed E-state index contributed by atoms with van der Waals surface area (Å²) < 4.78 is 13.9. The Hall–Kier alpha value is -2.15. The number of benzene rings is 1. The Bertz CT molecular complexity index is 727. The maximum atomic E-state index is 13.9. The molecule has 1 aliphatic heterocycles. The number of aromatic nitrogens is 1. The van der Waals surface area contributed by atoms with Crippen molar-refractivity contribution in [1.82, 2.24) is 10.3 Å². The molecule has 0 aliphatic carbocycles. The molecule has 0 saturated carbocycles. The Morgan fingerprint density at radius 1 is 1.28 bits per heavy atom. The maximum absolute atomic E-state index is 13.9. The molecule has 0 radical (unpaired) electrons. The molecule has 1 N–H and O–H groups in total. The molecular formula is C18H23FN4OS. The lowest BCUT2D eigenvalue weighted by Gasteiger charge is -2.36. The average Bonchev–Trinajstić information content (AvgIpc) is 3.12. The fourth-order valence-corrected chi connectivity index (χ4v) is 3.62. The number of halogens is 1. The Morgan fingerprint density at radius 3 is 2.64 bits per heavy atom. The van der Waals surface area contributed by atoms with Gasteiger partial charge in [0, 0.05) is 37.6 Å². The molecule has 0 bridgehead atoms. The zero-order valence-corrected chi connectivity index (χ0v) is 15.4. The largest absolute Gasteiger partial charge is 0.366 e. The molecule has 1 amide bonds. The van der Waals surface area contributed by atoms with E-state index in [0.29, 0.717) is 11.4 Å². The lowest BCUT2D eigenvalue weighted by atomic mass is 10.2. The average molecular weight is 362 g/mol. The van der Waals surface area contributed by atoms with Crippen LogP contribution >= 0.6 is 11.3 Å². The van der Waals surface area contributed by atoms with Gasteiger partial charge >= 0.3 is 0 Å². The van der Waals surface area contributed by atoms with Crippen LogP contribution in [0.15, 0.2) is 29.6 Å². The van der Waals surface area contributed by atoms with Crippen LogP contribution in [0.3, 0.4) is 0 Å². The van der Waals surface area contributed by atoms with E-state index in [0.717, 1.165) is 37.7 Å². The molecule has 1 aromatic carbocycles. The highest BCUT2D eigenvalue weighted by Gasteiger charge is 2.22. The minimum Gasteiger partial charge on any atom is -0.366 e. The van der Waals surface area contributed by atoms with Crippen molar-refractivity contribution in [2.75, 3.05) is 36.0 Å². The Morgan fingerprint density at radius 2 is 1.96 bits per heavy atom. The Balaban J connectivity index is 1.60. The van der Waals surface area contributed by atoms with Gasteiger partial charge in [0.15, 0.2) is 5.13 Å². The molecule has 25 heavy (non-hydrogen) atoms. The van der Waals surface area contributed by atoms with Crippen LogP contribution in [-0.4, -0.2) is 43.1 Å². The van der Waals surface area contributed by atoms with Crippen molar-refractivity contribution in [2.45, 2.75) is 26.3 Å². The molecule has 2 aromatic rings. The summed E-state index contributed by atoms with van der Waals surface area (Å²) in [5.74, 6) is -0.309. The van der Waals surface area contributed by atoms with E-state index in [9.17, 15) is 9.18 Å². The van der Waals surface area contributed by atoms with Crippen molar-refractivity contribution < 1.29 is 9.18 Å². The quantitative estimate of drug-likeness (QED) is 0.888. The zero-order chi connectivity index (χ0) is 17.8. The lowest BCUT2D eigenvalue weighted by Crippen LogP contribution is -2.46. The monoisotopic (exact) mass is 362 g/mol. The third kappa shape index (κ3) is 4.10. The van der Waals surface area contributed by atoms with E-state index in [1.807, 2.05) is 26.0 Å². The molecule has 134 valence electrons. The highest BCUT2D eigenvalue weighted by Crippen LogP contribution is 2.25. The second kappa shape index (κ2) is 7.82. The second-order valence-electron chi connectivity index (χ2n) is 6.22. The highest BCUT2D eigenvalue weighted by atomic mass is 32.1. The van der Waals surface area contributed by atoms with Crippen LogP contribution < -0.4 is 15.1 Å². The van der Waals surface area contributed by atoms with Gasteiger partial charge in [-0.2, -0.15) is 0 Å². The van der Waals surface area contributed by atoms with E-state index in [1.54, 1.807) is 11.4 Å². The summed E-state index contributed by atoms with van der Waals surface area (Å²) in [6.45, 7) is 6.99. The zero-order valence-electron chi connectivity index (χ0n) is 14.5. The molecule has 7 heteroatoms. The van der Waals surface area contributed by atoms with E-state index in [-0.39, 0.29) is 17.8 Å². The summed E-state index contributed by atoms with van der Waals surface area (Å²) in [5, 5.41) is 5.59. The second-order valence-corrected chi connectivity index (χ2v) is 7.06. The van der Waals surface area contributed by atoms with E-state index in [1.165, 1.54) is 17.4 Å². The summed E-state index contributed by atoms with van der Waals surface area (Å²) in [7, 11) is 0. The number of thiazole rings is 1. The molecule has 1 aromatic heterocycles. The maximum Gasteiger partial charge on any atom is 0.271 e. The van der Waals surface area contributed by atoms with Gasteiger partial charge in [-0.05, 0) is 25.5 Å². The van der Waals surface area contributed by atoms with Crippen molar-refractivity contribution in [3.8, 4) is 0 Å². The number of carbonyl (C=O) groups excluding carboxylic acids is 1. The van der Waals surface area contributed by atoms with Gasteiger partial charge in [0.1, 0.15) is 11.5 Å². The number of hydrogen-bond donors (Lipinski definition) is 1. The van der Waals surface area contributed by atoms with Crippen LogP contribution in [-0.2, 0) is 0 Å². The predicted octanol–water partition coefficient (Wildman–Crippen LogP) is 3.14. The highest BCUT2D eigenvalue weighted by molar-refractivity contribution is 7.13. The molecule has 1 saturated heterocycles. The van der Waals surface area contributed by atoms with Crippen LogP contribution in [0.1, 0.15) is 30.8 Å². The van der Waals surface area contributed by atoms with Crippen molar-refractivity contribution in [2.24, 2.45) is 0 Å². The van der Waals surface area contributed by atoms with E-state index < -0.39 is 0 Å². The summed E-state index contributed by atoms with van der Waals surface area (Å²) in [6, 6.07) is 7.00. The van der Waals surface area contributed by atoms with Crippen molar-refractivity contribution >= 4 is 28.1 Å². The SMILES string of the molecule is CC[C@@H](C)NC(=O)c1csc(N2CCN(c3ccccc3F)CC2)n1. The van der Waals surface area contributed by atoms with E-state index in [4.69, 9.17) is 0 Å². The van der Waals surface area contributed by atoms with Gasteiger partial charge in [-0.15, -0.1) is 11.3 Å². The summed E-state index contributed by atoms with van der Waals surface area (Å²) >= 11 is 1.48. The number of para-hydroxylation sites is 1. The summed E-state index contributed by atoms with van der Waals surface area (Å²) in [4.78, 5) is 20.8. The first-order valence-corrected chi connectivity index (χ1v) is 9.47. The van der Waals surface area contributed by atoms with Gasteiger partial charge < -0.3 is 15.1 Å². The standard InChI is InChI=1S/C18H23FN4OS/c1-3-13(2)20-17(24)15-12-25-18(21-15)23-10-8-22(9-11-23)16-7-5-4-6-14(16)19/h4-7,12-13H,3,8-11H2,1-2H3,(H,20,24)/t13-/m1/s1. The molecule has 1 fully saturated rings. The number of carbonyl (C=O) groups is 1. The fourth-order valence-electron chi connectivity index (χ4n) is 2.76. The molecule has 5 nitrogen and oxygen atoms in total. The van der Waals surface area contributed by atoms with Crippen molar-refractivity contribution in [1.29, 1.82) is 0 Å². The smallest absolute Gasteiger partial charge is 0.271 e. The third-order valence-electron chi connectivity index (χ3n) is 4.46. The fraction of sp³-hybridized carbons (Fsp3) is 0.444. The van der Waals surface area contributed by atoms with Crippen LogP contribution in [0, 0.1) is 5.82 Å². The van der Waals surface area contributed by atoms with Gasteiger partial charge in [-0.3, -0.25) is 4.79 Å². The molecule has 0 unspecified atom stereocenters. The minimum atomic E-state index is -0.186. The topological polar surface area (TPSA) is 48.5 Å². The number of piperazine rings is 1. The Labute approximate surface area is 151 Å². The van der Waals surface area contributed by atoms with Gasteiger partial charge in [0.2, 0.25) is 0 Å². The first kappa shape index (κ1) is 17.7. The van der Waals surface area contributed by atoms with Gasteiger partial charge in [-0.25, -0.2) is 9.37 Å². The van der Waals surface area contributed by atoms with Crippen LogP contribution in [0.2, 0.25) is 0 Å². The number of hydrogen-bond acceptors (Lipinski definition) is 5. The first-order valence-electron chi connectivity index (χ1n) is 8.59. The van der Waals surface area contributed by atoms with Gasteiger partial charge in [0.25, 0.3) is 5.91 Å². The molecule has 0 spiro atoms. The predicted molar refractivity (Wildman–Crippen MR) is 100 cm³/mol. The number of nitrogens with one attached hydrogen (secondary N) is 1. The molecular weight excluding hydrogens is 339 g/mol.